The summed E-state index contributed by atoms with van der Waals surface area (Å²) in [6.45, 7) is 1.95. The van der Waals surface area contributed by atoms with Gasteiger partial charge in [-0.1, -0.05) is 12.1 Å². The Balaban J connectivity index is 2.47. The standard InChI is InChI=1S/C15H13NO3/c1-10-3-4-11(15(18)19-2)7-14(10)12-5-6-13(9-17)16-8-12/h3-9H,1-2H3. The fourth-order valence-corrected chi connectivity index (χ4v) is 1.81. The molecule has 0 radical (unpaired) electrons. The zero-order chi connectivity index (χ0) is 13.8. The van der Waals surface area contributed by atoms with Crippen LogP contribution in [0.5, 0.6) is 0 Å². The highest BCUT2D eigenvalue weighted by molar-refractivity contribution is 5.91. The number of aldehydes is 1. The molecule has 2 aromatic rings. The number of benzene rings is 1. The fraction of sp³-hybridized carbons (Fsp3) is 0.133. The van der Waals surface area contributed by atoms with Crippen LogP contribution in [0, 0.1) is 6.92 Å². The minimum absolute atomic E-state index is 0.376. The maximum atomic E-state index is 11.5. The predicted octanol–water partition coefficient (Wildman–Crippen LogP) is 2.66. The monoisotopic (exact) mass is 255 g/mol. The first kappa shape index (κ1) is 13.0. The molecule has 1 aromatic carbocycles. The maximum absolute atomic E-state index is 11.5. The van der Waals surface area contributed by atoms with Gasteiger partial charge in [0.2, 0.25) is 0 Å². The summed E-state index contributed by atoms with van der Waals surface area (Å²) in [5, 5.41) is 0. The molecule has 1 heterocycles. The van der Waals surface area contributed by atoms with Crippen LogP contribution in [0.15, 0.2) is 36.5 Å². The van der Waals surface area contributed by atoms with Gasteiger partial charge in [0, 0.05) is 11.8 Å². The molecule has 2 rings (SSSR count). The van der Waals surface area contributed by atoms with Crippen LogP contribution >= 0.6 is 0 Å². The summed E-state index contributed by atoms with van der Waals surface area (Å²) in [5.41, 5.74) is 3.64. The predicted molar refractivity (Wildman–Crippen MR) is 71.1 cm³/mol. The van der Waals surface area contributed by atoms with Crippen molar-refractivity contribution >= 4 is 12.3 Å². The number of pyridine rings is 1. The van der Waals surface area contributed by atoms with Crippen LogP contribution in [0.2, 0.25) is 0 Å². The van der Waals surface area contributed by atoms with Crippen LogP contribution < -0.4 is 0 Å². The maximum Gasteiger partial charge on any atom is 0.337 e. The molecule has 0 saturated heterocycles. The zero-order valence-electron chi connectivity index (χ0n) is 10.7. The van der Waals surface area contributed by atoms with E-state index in [0.29, 0.717) is 17.5 Å². The number of methoxy groups -OCH3 is 1. The van der Waals surface area contributed by atoms with Gasteiger partial charge in [0.25, 0.3) is 0 Å². The lowest BCUT2D eigenvalue weighted by molar-refractivity contribution is 0.0600. The molecule has 0 aliphatic heterocycles. The number of hydrogen-bond acceptors (Lipinski definition) is 4. The summed E-state index contributed by atoms with van der Waals surface area (Å²) in [7, 11) is 1.35. The van der Waals surface area contributed by atoms with Crippen LogP contribution in [0.3, 0.4) is 0 Å². The number of esters is 1. The Labute approximate surface area is 111 Å². The van der Waals surface area contributed by atoms with E-state index >= 15 is 0 Å². The molecule has 0 bridgehead atoms. The lowest BCUT2D eigenvalue weighted by Crippen LogP contribution is -2.01. The SMILES string of the molecule is COC(=O)c1ccc(C)c(-c2ccc(C=O)nc2)c1. The molecule has 19 heavy (non-hydrogen) atoms. The van der Waals surface area contributed by atoms with Gasteiger partial charge < -0.3 is 4.74 Å². The summed E-state index contributed by atoms with van der Waals surface area (Å²) < 4.78 is 4.70. The van der Waals surface area contributed by atoms with Crippen LogP contribution in [0.1, 0.15) is 26.4 Å². The molecule has 0 saturated carbocycles. The zero-order valence-corrected chi connectivity index (χ0v) is 10.7. The normalized spacial score (nSPS) is 10.0. The Kier molecular flexibility index (Phi) is 3.71. The number of hydrogen-bond donors (Lipinski definition) is 0. The van der Waals surface area contributed by atoms with Gasteiger partial charge in [-0.25, -0.2) is 4.79 Å². The molecule has 0 spiro atoms. The lowest BCUT2D eigenvalue weighted by atomic mass is 9.99. The Morgan fingerprint density at radius 1 is 1.26 bits per heavy atom. The van der Waals surface area contributed by atoms with Crippen molar-refractivity contribution in [2.24, 2.45) is 0 Å². The largest absolute Gasteiger partial charge is 0.465 e. The highest BCUT2D eigenvalue weighted by Gasteiger charge is 2.09. The number of carbonyl (C=O) groups is 2. The number of nitrogens with zero attached hydrogens (tertiary/aromatic N) is 1. The quantitative estimate of drug-likeness (QED) is 0.625. The van der Waals surface area contributed by atoms with Crippen molar-refractivity contribution in [1.29, 1.82) is 0 Å². The van der Waals surface area contributed by atoms with Crippen molar-refractivity contribution < 1.29 is 14.3 Å². The van der Waals surface area contributed by atoms with Gasteiger partial charge >= 0.3 is 5.97 Å². The van der Waals surface area contributed by atoms with Crippen LogP contribution in [0.25, 0.3) is 11.1 Å². The fourth-order valence-electron chi connectivity index (χ4n) is 1.81. The van der Waals surface area contributed by atoms with Crippen molar-refractivity contribution in [3.63, 3.8) is 0 Å². The summed E-state index contributed by atoms with van der Waals surface area (Å²) >= 11 is 0. The van der Waals surface area contributed by atoms with E-state index in [0.717, 1.165) is 16.7 Å². The molecule has 0 N–H and O–H groups in total. The molecule has 0 unspecified atom stereocenters. The van der Waals surface area contributed by atoms with Gasteiger partial charge in [0.1, 0.15) is 5.69 Å². The number of carbonyl (C=O) groups excluding carboxylic acids is 2. The molecule has 0 aliphatic carbocycles. The Hall–Kier alpha value is -2.49. The molecule has 4 nitrogen and oxygen atoms in total. The van der Waals surface area contributed by atoms with Gasteiger partial charge in [-0.05, 0) is 36.2 Å². The summed E-state index contributed by atoms with van der Waals surface area (Å²) in [6.07, 6.45) is 2.31. The molecule has 0 atom stereocenters. The highest BCUT2D eigenvalue weighted by Crippen LogP contribution is 2.24. The Bertz CT molecular complexity index is 618. The third-order valence-corrected chi connectivity index (χ3v) is 2.88. The van der Waals surface area contributed by atoms with E-state index in [2.05, 4.69) is 4.98 Å². The first-order chi connectivity index (χ1) is 9.15. The van der Waals surface area contributed by atoms with Crippen LogP contribution in [0.4, 0.5) is 0 Å². The Morgan fingerprint density at radius 2 is 2.05 bits per heavy atom. The van der Waals surface area contributed by atoms with Gasteiger partial charge in [0.15, 0.2) is 6.29 Å². The van der Waals surface area contributed by atoms with E-state index in [9.17, 15) is 9.59 Å². The van der Waals surface area contributed by atoms with Crippen molar-refractivity contribution in [2.45, 2.75) is 6.92 Å². The topological polar surface area (TPSA) is 56.3 Å². The first-order valence-corrected chi connectivity index (χ1v) is 5.76. The van der Waals surface area contributed by atoms with Gasteiger partial charge in [0.05, 0.1) is 12.7 Å². The summed E-state index contributed by atoms with van der Waals surface area (Å²) in [6, 6.07) is 8.79. The minimum atomic E-state index is -0.376. The molecule has 1 aromatic heterocycles. The van der Waals surface area contributed by atoms with E-state index in [1.807, 2.05) is 13.0 Å². The molecular weight excluding hydrogens is 242 g/mol. The van der Waals surface area contributed by atoms with Crippen molar-refractivity contribution in [1.82, 2.24) is 4.98 Å². The van der Waals surface area contributed by atoms with E-state index in [1.165, 1.54) is 7.11 Å². The van der Waals surface area contributed by atoms with Gasteiger partial charge in [-0.2, -0.15) is 0 Å². The van der Waals surface area contributed by atoms with Gasteiger partial charge in [-0.3, -0.25) is 9.78 Å². The number of aryl methyl sites for hydroxylation is 1. The van der Waals surface area contributed by atoms with E-state index in [4.69, 9.17) is 4.74 Å². The second-order valence-corrected chi connectivity index (χ2v) is 4.11. The van der Waals surface area contributed by atoms with E-state index in [1.54, 1.807) is 30.5 Å². The summed E-state index contributed by atoms with van der Waals surface area (Å²) in [4.78, 5) is 26.1. The molecule has 0 aliphatic rings. The number of ether oxygens (including phenoxy) is 1. The van der Waals surface area contributed by atoms with Crippen molar-refractivity contribution in [2.75, 3.05) is 7.11 Å². The van der Waals surface area contributed by atoms with Crippen LogP contribution in [-0.4, -0.2) is 24.3 Å². The molecule has 0 fully saturated rings. The van der Waals surface area contributed by atoms with Crippen molar-refractivity contribution in [3.8, 4) is 11.1 Å². The third kappa shape index (κ3) is 2.68. The third-order valence-electron chi connectivity index (χ3n) is 2.88. The molecule has 96 valence electrons. The smallest absolute Gasteiger partial charge is 0.337 e. The molecule has 0 amide bonds. The number of rotatable bonds is 3. The average molecular weight is 255 g/mol. The first-order valence-electron chi connectivity index (χ1n) is 5.76. The minimum Gasteiger partial charge on any atom is -0.465 e. The van der Waals surface area contributed by atoms with Crippen molar-refractivity contribution in [3.05, 3.63) is 53.3 Å². The van der Waals surface area contributed by atoms with E-state index in [-0.39, 0.29) is 5.97 Å². The second kappa shape index (κ2) is 5.44. The molecule has 4 heteroatoms. The second-order valence-electron chi connectivity index (χ2n) is 4.11. The van der Waals surface area contributed by atoms with Gasteiger partial charge in [-0.15, -0.1) is 0 Å². The average Bonchev–Trinajstić information content (AvgIpc) is 2.47. The Morgan fingerprint density at radius 3 is 2.63 bits per heavy atom. The summed E-state index contributed by atoms with van der Waals surface area (Å²) in [5.74, 6) is -0.376. The van der Waals surface area contributed by atoms with E-state index < -0.39 is 0 Å². The number of aromatic nitrogens is 1. The highest BCUT2D eigenvalue weighted by atomic mass is 16.5. The molecular formula is C15H13NO3. The van der Waals surface area contributed by atoms with Crippen LogP contribution in [-0.2, 0) is 4.74 Å². The lowest BCUT2D eigenvalue weighted by Gasteiger charge is -2.08.